The van der Waals surface area contributed by atoms with E-state index in [1.54, 1.807) is 0 Å². The zero-order valence-electron chi connectivity index (χ0n) is 19.6. The summed E-state index contributed by atoms with van der Waals surface area (Å²) in [5.74, 6) is 0. The summed E-state index contributed by atoms with van der Waals surface area (Å²) in [6, 6.07) is 30.6. The van der Waals surface area contributed by atoms with Crippen LogP contribution in [0.25, 0.3) is 0 Å². The number of benzene rings is 3. The van der Waals surface area contributed by atoms with Gasteiger partial charge in [0.25, 0.3) is 0 Å². The van der Waals surface area contributed by atoms with E-state index in [0.29, 0.717) is 32.8 Å². The molecule has 0 saturated carbocycles. The molecule has 2 N–H and O–H groups in total. The standard InChI is InChI=1S/C29H35NO4/c31-18-10-17-26(32-20-23-11-4-1-5-12-23)28-29(34-22-25-15-8-3-9-16-25)27(19-30-28)33-21-24-13-6-2-7-14-24/h1-9,11-16,26-31H,10,17-22H2/t26-,27-,28+,29-/m0/s1. The average Bonchev–Trinajstić information content (AvgIpc) is 3.30. The molecule has 0 radical (unpaired) electrons. The van der Waals surface area contributed by atoms with Crippen molar-refractivity contribution in [2.45, 2.75) is 57.0 Å². The highest BCUT2D eigenvalue weighted by atomic mass is 16.5. The number of aliphatic hydroxyl groups excluding tert-OH is 1. The third-order valence-electron chi connectivity index (χ3n) is 6.22. The number of hydrogen-bond acceptors (Lipinski definition) is 5. The minimum absolute atomic E-state index is 0.0280. The molecule has 4 rings (SSSR count). The lowest BCUT2D eigenvalue weighted by Crippen LogP contribution is -2.46. The Hall–Kier alpha value is -2.54. The summed E-state index contributed by atoms with van der Waals surface area (Å²) in [5, 5.41) is 13.1. The molecule has 1 saturated heterocycles. The Bertz CT molecular complexity index is 938. The molecule has 1 aliphatic rings. The van der Waals surface area contributed by atoms with Gasteiger partial charge < -0.3 is 24.6 Å². The van der Waals surface area contributed by atoms with Gasteiger partial charge in [-0.15, -0.1) is 0 Å². The lowest BCUT2D eigenvalue weighted by atomic mass is 10.00. The van der Waals surface area contributed by atoms with Crippen LogP contribution >= 0.6 is 0 Å². The Morgan fingerprint density at radius 2 is 1.26 bits per heavy atom. The minimum atomic E-state index is -0.164. The highest BCUT2D eigenvalue weighted by Crippen LogP contribution is 2.25. The van der Waals surface area contributed by atoms with Gasteiger partial charge >= 0.3 is 0 Å². The quantitative estimate of drug-likeness (QED) is 0.393. The van der Waals surface area contributed by atoms with Gasteiger partial charge in [-0.25, -0.2) is 0 Å². The molecule has 0 bridgehead atoms. The van der Waals surface area contributed by atoms with Crippen LogP contribution < -0.4 is 5.32 Å². The lowest BCUT2D eigenvalue weighted by molar-refractivity contribution is -0.0953. The van der Waals surface area contributed by atoms with Gasteiger partial charge in [-0.3, -0.25) is 0 Å². The molecule has 1 fully saturated rings. The van der Waals surface area contributed by atoms with Gasteiger partial charge in [0.2, 0.25) is 0 Å². The fourth-order valence-corrected chi connectivity index (χ4v) is 4.40. The molecule has 0 spiro atoms. The maximum atomic E-state index is 9.49. The molecule has 3 aromatic carbocycles. The summed E-state index contributed by atoms with van der Waals surface area (Å²) in [4.78, 5) is 0. The Balaban J connectivity index is 1.46. The molecule has 34 heavy (non-hydrogen) atoms. The largest absolute Gasteiger partial charge is 0.396 e. The van der Waals surface area contributed by atoms with E-state index in [-0.39, 0.29) is 31.0 Å². The van der Waals surface area contributed by atoms with Crippen LogP contribution in [0.3, 0.4) is 0 Å². The number of ether oxygens (including phenoxy) is 3. The number of rotatable bonds is 13. The number of aliphatic hydroxyl groups is 1. The molecular weight excluding hydrogens is 426 g/mol. The Labute approximate surface area is 202 Å². The van der Waals surface area contributed by atoms with E-state index in [2.05, 4.69) is 41.7 Å². The third kappa shape index (κ3) is 7.23. The van der Waals surface area contributed by atoms with Crippen molar-refractivity contribution >= 4 is 0 Å². The minimum Gasteiger partial charge on any atom is -0.396 e. The predicted molar refractivity (Wildman–Crippen MR) is 133 cm³/mol. The van der Waals surface area contributed by atoms with Crippen LogP contribution in [0.5, 0.6) is 0 Å². The Morgan fingerprint density at radius 3 is 1.82 bits per heavy atom. The summed E-state index contributed by atoms with van der Waals surface area (Å²) in [5.41, 5.74) is 3.41. The lowest BCUT2D eigenvalue weighted by Gasteiger charge is -2.31. The molecule has 0 aliphatic carbocycles. The van der Waals surface area contributed by atoms with Gasteiger partial charge in [-0.1, -0.05) is 91.0 Å². The summed E-state index contributed by atoms with van der Waals surface area (Å²) < 4.78 is 19.2. The average molecular weight is 462 g/mol. The second-order valence-corrected chi connectivity index (χ2v) is 8.73. The monoisotopic (exact) mass is 461 g/mol. The molecular formula is C29H35NO4. The van der Waals surface area contributed by atoms with Gasteiger partial charge in [0.15, 0.2) is 0 Å². The van der Waals surface area contributed by atoms with Crippen LogP contribution in [-0.4, -0.2) is 42.6 Å². The van der Waals surface area contributed by atoms with Gasteiger partial charge in [-0.2, -0.15) is 0 Å². The van der Waals surface area contributed by atoms with E-state index in [9.17, 15) is 5.11 Å². The van der Waals surface area contributed by atoms with Crippen LogP contribution in [0.4, 0.5) is 0 Å². The summed E-state index contributed by atoms with van der Waals surface area (Å²) in [6.45, 7) is 2.41. The summed E-state index contributed by atoms with van der Waals surface area (Å²) in [7, 11) is 0. The topological polar surface area (TPSA) is 60.0 Å². The van der Waals surface area contributed by atoms with Gasteiger partial charge in [0.05, 0.1) is 38.1 Å². The van der Waals surface area contributed by atoms with E-state index >= 15 is 0 Å². The first-order valence-electron chi connectivity index (χ1n) is 12.1. The molecule has 5 heteroatoms. The van der Waals surface area contributed by atoms with E-state index < -0.39 is 0 Å². The summed E-state index contributed by atoms with van der Waals surface area (Å²) in [6.07, 6.45) is 1.07. The molecule has 180 valence electrons. The molecule has 0 unspecified atom stereocenters. The van der Waals surface area contributed by atoms with Crippen molar-refractivity contribution < 1.29 is 19.3 Å². The fourth-order valence-electron chi connectivity index (χ4n) is 4.40. The first-order chi connectivity index (χ1) is 16.8. The SMILES string of the molecule is OCCC[C@H](OCc1ccccc1)[C@H]1NC[C@H](OCc2ccccc2)[C@@H]1OCc1ccccc1. The van der Waals surface area contributed by atoms with Crippen LogP contribution in [0.15, 0.2) is 91.0 Å². The first-order valence-corrected chi connectivity index (χ1v) is 12.1. The zero-order valence-corrected chi connectivity index (χ0v) is 19.6. The van der Waals surface area contributed by atoms with E-state index in [1.807, 2.05) is 54.6 Å². The number of nitrogens with one attached hydrogen (secondary N) is 1. The maximum absolute atomic E-state index is 9.49. The van der Waals surface area contributed by atoms with E-state index in [1.165, 1.54) is 0 Å². The van der Waals surface area contributed by atoms with Crippen molar-refractivity contribution in [2.75, 3.05) is 13.2 Å². The Kier molecular flexibility index (Phi) is 9.67. The fraction of sp³-hybridized carbons (Fsp3) is 0.379. The molecule has 1 aliphatic heterocycles. The van der Waals surface area contributed by atoms with Crippen LogP contribution in [-0.2, 0) is 34.0 Å². The first kappa shape index (κ1) is 24.6. The molecule has 4 atom stereocenters. The van der Waals surface area contributed by atoms with Crippen LogP contribution in [0, 0.1) is 0 Å². The second kappa shape index (κ2) is 13.4. The molecule has 1 heterocycles. The highest BCUT2D eigenvalue weighted by molar-refractivity contribution is 5.15. The third-order valence-corrected chi connectivity index (χ3v) is 6.22. The van der Waals surface area contributed by atoms with Gasteiger partial charge in [-0.05, 0) is 29.5 Å². The van der Waals surface area contributed by atoms with Crippen molar-refractivity contribution in [1.29, 1.82) is 0 Å². The van der Waals surface area contributed by atoms with E-state index in [4.69, 9.17) is 14.2 Å². The predicted octanol–water partition coefficient (Wildman–Crippen LogP) is 4.49. The highest BCUT2D eigenvalue weighted by Gasteiger charge is 2.42. The van der Waals surface area contributed by atoms with Crippen molar-refractivity contribution in [3.63, 3.8) is 0 Å². The van der Waals surface area contributed by atoms with Gasteiger partial charge in [0.1, 0.15) is 6.10 Å². The second-order valence-electron chi connectivity index (χ2n) is 8.73. The number of hydrogen-bond donors (Lipinski definition) is 2. The van der Waals surface area contributed by atoms with Crippen LogP contribution in [0.2, 0.25) is 0 Å². The molecule has 3 aromatic rings. The van der Waals surface area contributed by atoms with Gasteiger partial charge in [0, 0.05) is 13.2 Å². The van der Waals surface area contributed by atoms with Crippen molar-refractivity contribution in [3.05, 3.63) is 108 Å². The zero-order chi connectivity index (χ0) is 23.4. The maximum Gasteiger partial charge on any atom is 0.103 e. The van der Waals surface area contributed by atoms with Crippen LogP contribution in [0.1, 0.15) is 29.5 Å². The van der Waals surface area contributed by atoms with Crippen molar-refractivity contribution in [2.24, 2.45) is 0 Å². The Morgan fingerprint density at radius 1 is 0.735 bits per heavy atom. The molecule has 0 amide bonds. The molecule has 0 aromatic heterocycles. The normalized spacial score (nSPS) is 20.9. The van der Waals surface area contributed by atoms with Crippen molar-refractivity contribution in [3.8, 4) is 0 Å². The smallest absolute Gasteiger partial charge is 0.103 e. The van der Waals surface area contributed by atoms with E-state index in [0.717, 1.165) is 23.1 Å². The molecule has 5 nitrogen and oxygen atoms in total. The van der Waals surface area contributed by atoms with Crippen molar-refractivity contribution in [1.82, 2.24) is 5.32 Å². The summed E-state index contributed by atoms with van der Waals surface area (Å²) >= 11 is 0.